The van der Waals surface area contributed by atoms with E-state index in [2.05, 4.69) is 0 Å². The van der Waals surface area contributed by atoms with E-state index >= 15 is 0 Å². The van der Waals surface area contributed by atoms with Crippen molar-refractivity contribution in [1.82, 2.24) is 0 Å². The SMILES string of the molecule is COc1ccc(/C=C\C2(C)CCOC2=O)cc1. The minimum Gasteiger partial charge on any atom is -0.497 e. The van der Waals surface area contributed by atoms with E-state index in [0.29, 0.717) is 6.61 Å². The van der Waals surface area contributed by atoms with Gasteiger partial charge in [-0.2, -0.15) is 0 Å². The van der Waals surface area contributed by atoms with Gasteiger partial charge in [0.2, 0.25) is 0 Å². The van der Waals surface area contributed by atoms with Crippen molar-refractivity contribution in [2.75, 3.05) is 13.7 Å². The van der Waals surface area contributed by atoms with Crippen LogP contribution in [0.3, 0.4) is 0 Å². The highest BCUT2D eigenvalue weighted by atomic mass is 16.5. The number of methoxy groups -OCH3 is 1. The summed E-state index contributed by atoms with van der Waals surface area (Å²) in [4.78, 5) is 11.5. The van der Waals surface area contributed by atoms with Crippen molar-refractivity contribution in [1.29, 1.82) is 0 Å². The van der Waals surface area contributed by atoms with Gasteiger partial charge in [0.1, 0.15) is 5.75 Å². The minimum absolute atomic E-state index is 0.137. The molecule has 1 heterocycles. The molecule has 0 radical (unpaired) electrons. The molecule has 1 fully saturated rings. The standard InChI is InChI=1S/C14H16O3/c1-14(9-10-17-13(14)15)8-7-11-3-5-12(16-2)6-4-11/h3-8H,9-10H2,1-2H3/b8-7-. The molecule has 0 aliphatic carbocycles. The lowest BCUT2D eigenvalue weighted by molar-refractivity contribution is -0.143. The number of carbonyl (C=O) groups excluding carboxylic acids is 1. The van der Waals surface area contributed by atoms with Gasteiger partial charge < -0.3 is 9.47 Å². The van der Waals surface area contributed by atoms with Crippen molar-refractivity contribution in [2.45, 2.75) is 13.3 Å². The summed E-state index contributed by atoms with van der Waals surface area (Å²) < 4.78 is 10.1. The molecule has 0 aromatic heterocycles. The first-order valence-electron chi connectivity index (χ1n) is 5.64. The lowest BCUT2D eigenvalue weighted by atomic mass is 9.88. The predicted molar refractivity (Wildman–Crippen MR) is 65.7 cm³/mol. The van der Waals surface area contributed by atoms with Crippen molar-refractivity contribution < 1.29 is 14.3 Å². The lowest BCUT2D eigenvalue weighted by Gasteiger charge is -2.12. The van der Waals surface area contributed by atoms with Gasteiger partial charge in [-0.15, -0.1) is 0 Å². The zero-order valence-electron chi connectivity index (χ0n) is 10.1. The highest BCUT2D eigenvalue weighted by molar-refractivity contribution is 5.81. The van der Waals surface area contributed by atoms with Crippen molar-refractivity contribution in [2.24, 2.45) is 5.41 Å². The second kappa shape index (κ2) is 4.62. The third-order valence-corrected chi connectivity index (χ3v) is 3.08. The quantitative estimate of drug-likeness (QED) is 0.751. The zero-order valence-corrected chi connectivity index (χ0v) is 10.1. The largest absolute Gasteiger partial charge is 0.497 e. The van der Waals surface area contributed by atoms with E-state index in [4.69, 9.17) is 9.47 Å². The first kappa shape index (κ1) is 11.7. The molecule has 1 aromatic rings. The van der Waals surface area contributed by atoms with Crippen LogP contribution in [-0.4, -0.2) is 19.7 Å². The number of rotatable bonds is 3. The Morgan fingerprint density at radius 2 is 2.06 bits per heavy atom. The van der Waals surface area contributed by atoms with E-state index in [9.17, 15) is 4.79 Å². The third-order valence-electron chi connectivity index (χ3n) is 3.08. The highest BCUT2D eigenvalue weighted by Crippen LogP contribution is 2.31. The lowest BCUT2D eigenvalue weighted by Crippen LogP contribution is -2.18. The maximum absolute atomic E-state index is 11.5. The molecule has 1 saturated heterocycles. The second-order valence-electron chi connectivity index (χ2n) is 4.41. The molecule has 3 heteroatoms. The number of esters is 1. The normalized spacial score (nSPS) is 24.0. The van der Waals surface area contributed by atoms with E-state index in [1.165, 1.54) is 0 Å². The van der Waals surface area contributed by atoms with Crippen LogP contribution in [0.15, 0.2) is 30.3 Å². The van der Waals surface area contributed by atoms with E-state index in [0.717, 1.165) is 17.7 Å². The number of ether oxygens (including phenoxy) is 2. The molecule has 0 amide bonds. The summed E-state index contributed by atoms with van der Waals surface area (Å²) in [5.41, 5.74) is 0.576. The first-order chi connectivity index (χ1) is 8.14. The summed E-state index contributed by atoms with van der Waals surface area (Å²) in [6.45, 7) is 2.42. The Balaban J connectivity index is 2.11. The van der Waals surface area contributed by atoms with Gasteiger partial charge in [0.05, 0.1) is 19.1 Å². The van der Waals surface area contributed by atoms with Gasteiger partial charge in [0.15, 0.2) is 0 Å². The first-order valence-corrected chi connectivity index (χ1v) is 5.64. The third kappa shape index (κ3) is 2.49. The predicted octanol–water partition coefficient (Wildman–Crippen LogP) is 2.66. The molecule has 0 bridgehead atoms. The number of hydrogen-bond donors (Lipinski definition) is 0. The van der Waals surface area contributed by atoms with Crippen LogP contribution in [0.25, 0.3) is 6.08 Å². The Bertz CT molecular complexity index is 433. The van der Waals surface area contributed by atoms with E-state index in [-0.39, 0.29) is 5.97 Å². The summed E-state index contributed by atoms with van der Waals surface area (Å²) >= 11 is 0. The smallest absolute Gasteiger partial charge is 0.315 e. The Morgan fingerprint density at radius 3 is 2.59 bits per heavy atom. The average molecular weight is 232 g/mol. The molecule has 1 atom stereocenters. The minimum atomic E-state index is -0.472. The fourth-order valence-electron chi connectivity index (χ4n) is 1.77. The maximum atomic E-state index is 11.5. The number of cyclic esters (lactones) is 1. The van der Waals surface area contributed by atoms with Gasteiger partial charge in [-0.1, -0.05) is 24.3 Å². The van der Waals surface area contributed by atoms with Crippen LogP contribution >= 0.6 is 0 Å². The molecule has 1 unspecified atom stereocenters. The Labute approximate surface area is 101 Å². The summed E-state index contributed by atoms with van der Waals surface area (Å²) in [6.07, 6.45) is 4.62. The van der Waals surface area contributed by atoms with Crippen LogP contribution in [0.5, 0.6) is 5.75 Å². The molecule has 0 spiro atoms. The molecule has 0 saturated carbocycles. The van der Waals surface area contributed by atoms with Gasteiger partial charge in [-0.3, -0.25) is 4.79 Å². The maximum Gasteiger partial charge on any atom is 0.315 e. The molecule has 90 valence electrons. The molecule has 3 nitrogen and oxygen atoms in total. The molecule has 2 rings (SSSR count). The van der Waals surface area contributed by atoms with Crippen molar-refractivity contribution in [3.63, 3.8) is 0 Å². The molecular formula is C14H16O3. The van der Waals surface area contributed by atoms with Gasteiger partial charge in [0.25, 0.3) is 0 Å². The summed E-state index contributed by atoms with van der Waals surface area (Å²) in [5.74, 6) is 0.691. The highest BCUT2D eigenvalue weighted by Gasteiger charge is 2.37. The van der Waals surface area contributed by atoms with Gasteiger partial charge >= 0.3 is 5.97 Å². The van der Waals surface area contributed by atoms with E-state index in [1.54, 1.807) is 7.11 Å². The fourth-order valence-corrected chi connectivity index (χ4v) is 1.77. The van der Waals surface area contributed by atoms with Crippen LogP contribution in [0.2, 0.25) is 0 Å². The van der Waals surface area contributed by atoms with Gasteiger partial charge in [0, 0.05) is 6.42 Å². The molecule has 1 aliphatic heterocycles. The summed E-state index contributed by atoms with van der Waals surface area (Å²) in [5, 5.41) is 0. The topological polar surface area (TPSA) is 35.5 Å². The molecular weight excluding hydrogens is 216 g/mol. The van der Waals surface area contributed by atoms with Crippen molar-refractivity contribution >= 4 is 12.0 Å². The zero-order chi connectivity index (χ0) is 12.3. The Kier molecular flexibility index (Phi) is 3.18. The van der Waals surface area contributed by atoms with Crippen LogP contribution in [0, 0.1) is 5.41 Å². The molecule has 0 N–H and O–H groups in total. The number of carbonyl (C=O) groups is 1. The van der Waals surface area contributed by atoms with Gasteiger partial charge in [-0.05, 0) is 24.6 Å². The van der Waals surface area contributed by atoms with Crippen LogP contribution in [-0.2, 0) is 9.53 Å². The van der Waals surface area contributed by atoms with Crippen LogP contribution in [0.4, 0.5) is 0 Å². The van der Waals surface area contributed by atoms with Gasteiger partial charge in [-0.25, -0.2) is 0 Å². The number of hydrogen-bond acceptors (Lipinski definition) is 3. The van der Waals surface area contributed by atoms with Crippen LogP contribution in [0.1, 0.15) is 18.9 Å². The summed E-state index contributed by atoms with van der Waals surface area (Å²) in [7, 11) is 1.64. The van der Waals surface area contributed by atoms with Crippen LogP contribution < -0.4 is 4.74 Å². The van der Waals surface area contributed by atoms with Crippen molar-refractivity contribution in [3.05, 3.63) is 35.9 Å². The average Bonchev–Trinajstić information content (AvgIpc) is 2.68. The monoisotopic (exact) mass is 232 g/mol. The fraction of sp³-hybridized carbons (Fsp3) is 0.357. The van der Waals surface area contributed by atoms with E-state index < -0.39 is 5.41 Å². The summed E-state index contributed by atoms with van der Waals surface area (Å²) in [6, 6.07) is 7.71. The second-order valence-corrected chi connectivity index (χ2v) is 4.41. The molecule has 1 aliphatic rings. The Morgan fingerprint density at radius 1 is 1.35 bits per heavy atom. The van der Waals surface area contributed by atoms with Crippen molar-refractivity contribution in [3.8, 4) is 5.75 Å². The molecule has 17 heavy (non-hydrogen) atoms. The molecule has 1 aromatic carbocycles. The number of benzene rings is 1. The van der Waals surface area contributed by atoms with E-state index in [1.807, 2.05) is 43.3 Å². The Hall–Kier alpha value is -1.77.